The molecular weight excluding hydrogens is 230 g/mol. The van der Waals surface area contributed by atoms with Crippen molar-refractivity contribution in [1.29, 1.82) is 0 Å². The second-order valence-electron chi connectivity index (χ2n) is 5.30. The second-order valence-corrected chi connectivity index (χ2v) is 6.59. The Morgan fingerprint density at radius 3 is 2.88 bits per heavy atom. The van der Waals surface area contributed by atoms with Crippen LogP contribution in [0.2, 0.25) is 0 Å². The zero-order chi connectivity index (χ0) is 12.1. The summed E-state index contributed by atoms with van der Waals surface area (Å²) in [7, 11) is 2.22. The number of rotatable bonds is 4. The standard InChI is InChI=1S/C13H25N3S/c1-3-4-12-10-15-13(17-12)14-9-11-5-7-16(2)8-6-11/h11-12H,3-10H2,1-2H3,(H,14,15). The molecule has 0 spiro atoms. The van der Waals surface area contributed by atoms with Gasteiger partial charge in [0.1, 0.15) is 0 Å². The third kappa shape index (κ3) is 4.18. The molecule has 2 aliphatic heterocycles. The number of nitrogens with zero attached hydrogens (tertiary/aromatic N) is 2. The highest BCUT2D eigenvalue weighted by molar-refractivity contribution is 8.14. The SMILES string of the molecule is CCCC1CN=C(NCC2CCN(C)CC2)S1. The van der Waals surface area contributed by atoms with E-state index < -0.39 is 0 Å². The van der Waals surface area contributed by atoms with Crippen molar-refractivity contribution in [2.24, 2.45) is 10.9 Å². The third-order valence-electron chi connectivity index (χ3n) is 3.71. The predicted octanol–water partition coefficient (Wildman–Crippen LogP) is 2.19. The highest BCUT2D eigenvalue weighted by Crippen LogP contribution is 2.24. The summed E-state index contributed by atoms with van der Waals surface area (Å²) >= 11 is 1.95. The minimum atomic E-state index is 0.736. The van der Waals surface area contributed by atoms with Crippen molar-refractivity contribution in [3.8, 4) is 0 Å². The van der Waals surface area contributed by atoms with Crippen molar-refractivity contribution in [3.63, 3.8) is 0 Å². The predicted molar refractivity (Wildman–Crippen MR) is 76.8 cm³/mol. The van der Waals surface area contributed by atoms with Crippen LogP contribution >= 0.6 is 11.8 Å². The summed E-state index contributed by atoms with van der Waals surface area (Å²) in [5.41, 5.74) is 0. The van der Waals surface area contributed by atoms with Crippen LogP contribution in [-0.4, -0.2) is 48.5 Å². The Morgan fingerprint density at radius 1 is 1.41 bits per heavy atom. The van der Waals surface area contributed by atoms with Crippen LogP contribution in [0.4, 0.5) is 0 Å². The average molecular weight is 255 g/mol. The van der Waals surface area contributed by atoms with E-state index in [2.05, 4.69) is 29.2 Å². The molecular formula is C13H25N3S. The van der Waals surface area contributed by atoms with Crippen LogP contribution < -0.4 is 5.32 Å². The van der Waals surface area contributed by atoms with E-state index in [1.165, 1.54) is 43.9 Å². The molecule has 0 bridgehead atoms. The number of likely N-dealkylation sites (tertiary alicyclic amines) is 1. The van der Waals surface area contributed by atoms with Crippen LogP contribution in [0.25, 0.3) is 0 Å². The van der Waals surface area contributed by atoms with E-state index >= 15 is 0 Å². The molecule has 3 nitrogen and oxygen atoms in total. The van der Waals surface area contributed by atoms with Crippen molar-refractivity contribution in [1.82, 2.24) is 10.2 Å². The lowest BCUT2D eigenvalue weighted by Gasteiger charge is -2.29. The number of hydrogen-bond donors (Lipinski definition) is 1. The quantitative estimate of drug-likeness (QED) is 0.834. The Balaban J connectivity index is 1.63. The summed E-state index contributed by atoms with van der Waals surface area (Å²) in [5.74, 6) is 0.847. The normalized spacial score (nSPS) is 27.2. The van der Waals surface area contributed by atoms with E-state index in [9.17, 15) is 0 Å². The molecule has 1 fully saturated rings. The van der Waals surface area contributed by atoms with E-state index in [4.69, 9.17) is 0 Å². The van der Waals surface area contributed by atoms with Crippen LogP contribution in [0.1, 0.15) is 32.6 Å². The maximum absolute atomic E-state index is 4.59. The van der Waals surface area contributed by atoms with Gasteiger partial charge in [0.15, 0.2) is 5.17 Å². The molecule has 17 heavy (non-hydrogen) atoms. The van der Waals surface area contributed by atoms with Gasteiger partial charge in [0.2, 0.25) is 0 Å². The molecule has 2 heterocycles. The lowest BCUT2D eigenvalue weighted by molar-refractivity contribution is 0.220. The highest BCUT2D eigenvalue weighted by atomic mass is 32.2. The van der Waals surface area contributed by atoms with Crippen molar-refractivity contribution in [2.75, 3.05) is 33.2 Å². The summed E-state index contributed by atoms with van der Waals surface area (Å²) in [6, 6.07) is 0. The van der Waals surface area contributed by atoms with Gasteiger partial charge in [0, 0.05) is 11.8 Å². The molecule has 2 aliphatic rings. The van der Waals surface area contributed by atoms with Gasteiger partial charge in [0.25, 0.3) is 0 Å². The fourth-order valence-corrected chi connectivity index (χ4v) is 3.62. The number of nitrogens with one attached hydrogen (secondary N) is 1. The van der Waals surface area contributed by atoms with Crippen LogP contribution in [0, 0.1) is 5.92 Å². The number of thioether (sulfide) groups is 1. The Hall–Kier alpha value is -0.220. The van der Waals surface area contributed by atoms with E-state index in [1.54, 1.807) is 0 Å². The molecule has 1 N–H and O–H groups in total. The van der Waals surface area contributed by atoms with E-state index in [0.29, 0.717) is 0 Å². The molecule has 2 rings (SSSR count). The summed E-state index contributed by atoms with van der Waals surface area (Å²) in [6.07, 6.45) is 5.24. The zero-order valence-electron chi connectivity index (χ0n) is 11.1. The largest absolute Gasteiger partial charge is 0.365 e. The zero-order valence-corrected chi connectivity index (χ0v) is 11.9. The topological polar surface area (TPSA) is 27.6 Å². The van der Waals surface area contributed by atoms with Gasteiger partial charge >= 0.3 is 0 Å². The lowest BCUT2D eigenvalue weighted by Crippen LogP contribution is -2.36. The maximum atomic E-state index is 4.59. The van der Waals surface area contributed by atoms with Crippen LogP contribution in [0.15, 0.2) is 4.99 Å². The molecule has 1 saturated heterocycles. The smallest absolute Gasteiger partial charge is 0.156 e. The lowest BCUT2D eigenvalue weighted by atomic mass is 9.97. The van der Waals surface area contributed by atoms with Gasteiger partial charge < -0.3 is 10.2 Å². The fourth-order valence-electron chi connectivity index (χ4n) is 2.48. The highest BCUT2D eigenvalue weighted by Gasteiger charge is 2.21. The molecule has 0 aromatic rings. The first-order valence-electron chi connectivity index (χ1n) is 6.91. The van der Waals surface area contributed by atoms with Crippen molar-refractivity contribution in [2.45, 2.75) is 37.9 Å². The van der Waals surface area contributed by atoms with E-state index in [0.717, 1.165) is 24.3 Å². The molecule has 1 unspecified atom stereocenters. The third-order valence-corrected chi connectivity index (χ3v) is 4.92. The summed E-state index contributed by atoms with van der Waals surface area (Å²) < 4.78 is 0. The van der Waals surface area contributed by atoms with Crippen LogP contribution in [0.5, 0.6) is 0 Å². The molecule has 4 heteroatoms. The molecule has 0 aromatic heterocycles. The van der Waals surface area contributed by atoms with E-state index in [1.807, 2.05) is 11.8 Å². The van der Waals surface area contributed by atoms with Crippen molar-refractivity contribution in [3.05, 3.63) is 0 Å². The van der Waals surface area contributed by atoms with Crippen LogP contribution in [-0.2, 0) is 0 Å². The van der Waals surface area contributed by atoms with Gasteiger partial charge in [-0.15, -0.1) is 0 Å². The minimum Gasteiger partial charge on any atom is -0.365 e. The molecule has 0 aromatic carbocycles. The van der Waals surface area contributed by atoms with E-state index in [-0.39, 0.29) is 0 Å². The average Bonchev–Trinajstić information content (AvgIpc) is 2.77. The number of piperidine rings is 1. The molecule has 98 valence electrons. The van der Waals surface area contributed by atoms with Gasteiger partial charge in [-0.3, -0.25) is 4.99 Å². The number of hydrogen-bond acceptors (Lipinski definition) is 4. The first kappa shape index (κ1) is 13.2. The summed E-state index contributed by atoms with van der Waals surface area (Å²) in [4.78, 5) is 7.02. The Kier molecular flexibility index (Phi) is 5.16. The van der Waals surface area contributed by atoms with Gasteiger partial charge in [-0.05, 0) is 45.3 Å². The number of amidine groups is 1. The first-order chi connectivity index (χ1) is 8.28. The van der Waals surface area contributed by atoms with Crippen molar-refractivity contribution < 1.29 is 0 Å². The summed E-state index contributed by atoms with van der Waals surface area (Å²) in [5, 5.41) is 5.48. The van der Waals surface area contributed by atoms with Crippen LogP contribution in [0.3, 0.4) is 0 Å². The maximum Gasteiger partial charge on any atom is 0.156 e. The first-order valence-corrected chi connectivity index (χ1v) is 7.79. The summed E-state index contributed by atoms with van der Waals surface area (Å²) in [6.45, 7) is 6.91. The molecule has 0 amide bonds. The molecule has 0 aliphatic carbocycles. The van der Waals surface area contributed by atoms with Gasteiger partial charge in [-0.25, -0.2) is 0 Å². The van der Waals surface area contributed by atoms with Gasteiger partial charge in [-0.1, -0.05) is 25.1 Å². The molecule has 1 atom stereocenters. The van der Waals surface area contributed by atoms with Crippen molar-refractivity contribution >= 4 is 16.9 Å². The molecule has 0 saturated carbocycles. The Bertz CT molecular complexity index is 259. The monoisotopic (exact) mass is 255 g/mol. The number of aliphatic imine (C=N–C) groups is 1. The van der Waals surface area contributed by atoms with Gasteiger partial charge in [-0.2, -0.15) is 0 Å². The van der Waals surface area contributed by atoms with Gasteiger partial charge in [0.05, 0.1) is 6.54 Å². The Morgan fingerprint density at radius 2 is 2.18 bits per heavy atom. The Labute approximate surface area is 109 Å². The fraction of sp³-hybridized carbons (Fsp3) is 0.923. The molecule has 0 radical (unpaired) electrons. The second kappa shape index (κ2) is 6.64. The minimum absolute atomic E-state index is 0.736.